The number of aryl methyl sites for hydroxylation is 2. The lowest BCUT2D eigenvalue weighted by atomic mass is 10.2. The van der Waals surface area contributed by atoms with Crippen LogP contribution in [0.4, 0.5) is 4.39 Å². The topological polar surface area (TPSA) is 88.5 Å². The van der Waals surface area contributed by atoms with Crippen LogP contribution in [-0.4, -0.2) is 63.4 Å². The summed E-state index contributed by atoms with van der Waals surface area (Å²) in [5.74, 6) is 0.912. The molecule has 2 aromatic heterocycles. The van der Waals surface area contributed by atoms with Gasteiger partial charge in [0.25, 0.3) is 5.91 Å². The second-order valence-electron chi connectivity index (χ2n) is 6.16. The average molecular weight is 337 g/mol. The van der Waals surface area contributed by atoms with Gasteiger partial charge >= 0.3 is 0 Å². The molecule has 1 fully saturated rings. The molecule has 2 atom stereocenters. The number of halogens is 1. The van der Waals surface area contributed by atoms with Crippen LogP contribution >= 0.6 is 0 Å². The molecular formula is C15H20FN5O3. The highest BCUT2D eigenvalue weighted by molar-refractivity contribution is 5.91. The first-order valence-electron chi connectivity index (χ1n) is 7.78. The van der Waals surface area contributed by atoms with E-state index in [2.05, 4.69) is 15.3 Å². The quantitative estimate of drug-likeness (QED) is 0.814. The van der Waals surface area contributed by atoms with Gasteiger partial charge in [-0.05, 0) is 13.3 Å². The lowest BCUT2D eigenvalue weighted by molar-refractivity contribution is 0.0707. The van der Waals surface area contributed by atoms with E-state index in [1.54, 1.807) is 27.0 Å². The molecule has 2 aromatic rings. The van der Waals surface area contributed by atoms with Crippen LogP contribution in [-0.2, 0) is 6.54 Å². The minimum absolute atomic E-state index is 0.114. The van der Waals surface area contributed by atoms with Gasteiger partial charge in [0.2, 0.25) is 11.7 Å². The van der Waals surface area contributed by atoms with Gasteiger partial charge in [-0.2, -0.15) is 4.98 Å². The van der Waals surface area contributed by atoms with Gasteiger partial charge in [-0.15, -0.1) is 0 Å². The molecule has 24 heavy (non-hydrogen) atoms. The minimum Gasteiger partial charge on any atom is -0.351 e. The standard InChI is InChI=1S/C15H20FN5O3/c1-9-4-13(24-18-9)15(22)20(3)7-12-5-11(16)6-21(12)8-14-17-10(2)23-19-14/h4,11-12H,5-8H2,1-3H3/t11-,12-/m0/s1. The highest BCUT2D eigenvalue weighted by Gasteiger charge is 2.34. The predicted molar refractivity (Wildman–Crippen MR) is 80.9 cm³/mol. The van der Waals surface area contributed by atoms with Crippen LogP contribution in [0.1, 0.15) is 34.4 Å². The molecule has 3 heterocycles. The Kier molecular flexibility index (Phi) is 4.61. The van der Waals surface area contributed by atoms with Gasteiger partial charge in [0, 0.05) is 39.2 Å². The van der Waals surface area contributed by atoms with Gasteiger partial charge in [0.1, 0.15) is 6.17 Å². The zero-order chi connectivity index (χ0) is 17.3. The van der Waals surface area contributed by atoms with Gasteiger partial charge < -0.3 is 13.9 Å². The highest BCUT2D eigenvalue weighted by Crippen LogP contribution is 2.23. The van der Waals surface area contributed by atoms with E-state index in [1.807, 2.05) is 4.90 Å². The SMILES string of the molecule is Cc1cc(C(=O)N(C)C[C@@H]2C[C@H](F)CN2Cc2noc(C)n2)on1. The van der Waals surface area contributed by atoms with Crippen molar-refractivity contribution in [1.82, 2.24) is 25.1 Å². The predicted octanol–water partition coefficient (Wildman–Crippen LogP) is 1.36. The van der Waals surface area contributed by atoms with Crippen molar-refractivity contribution >= 4 is 5.91 Å². The first-order chi connectivity index (χ1) is 11.4. The molecule has 1 aliphatic heterocycles. The molecule has 0 spiro atoms. The number of nitrogens with zero attached hydrogens (tertiary/aromatic N) is 5. The third-order valence-electron chi connectivity index (χ3n) is 4.06. The van der Waals surface area contributed by atoms with Crippen molar-refractivity contribution in [2.24, 2.45) is 0 Å². The summed E-state index contributed by atoms with van der Waals surface area (Å²) in [6.45, 7) is 4.53. The van der Waals surface area contributed by atoms with E-state index in [0.29, 0.717) is 43.5 Å². The Morgan fingerprint density at radius 2 is 2.21 bits per heavy atom. The molecule has 0 radical (unpaired) electrons. The van der Waals surface area contributed by atoms with Gasteiger partial charge in [-0.25, -0.2) is 4.39 Å². The van der Waals surface area contributed by atoms with Crippen LogP contribution in [0.25, 0.3) is 0 Å². The van der Waals surface area contributed by atoms with Crippen LogP contribution in [0, 0.1) is 13.8 Å². The number of rotatable bonds is 5. The van der Waals surface area contributed by atoms with Crippen molar-refractivity contribution in [2.75, 3.05) is 20.1 Å². The maximum absolute atomic E-state index is 13.9. The molecule has 0 saturated carbocycles. The largest absolute Gasteiger partial charge is 0.351 e. The van der Waals surface area contributed by atoms with E-state index in [-0.39, 0.29) is 17.7 Å². The summed E-state index contributed by atoms with van der Waals surface area (Å²) < 4.78 is 23.8. The molecule has 0 unspecified atom stereocenters. The fourth-order valence-corrected chi connectivity index (χ4v) is 2.94. The Hall–Kier alpha value is -2.29. The fourth-order valence-electron chi connectivity index (χ4n) is 2.94. The van der Waals surface area contributed by atoms with E-state index < -0.39 is 6.17 Å². The first-order valence-corrected chi connectivity index (χ1v) is 7.78. The van der Waals surface area contributed by atoms with Crippen molar-refractivity contribution in [1.29, 1.82) is 0 Å². The number of carbonyl (C=O) groups excluding carboxylic acids is 1. The summed E-state index contributed by atoms with van der Waals surface area (Å²) in [5.41, 5.74) is 0.644. The fraction of sp³-hybridized carbons (Fsp3) is 0.600. The Bertz CT molecular complexity index is 716. The second-order valence-corrected chi connectivity index (χ2v) is 6.16. The summed E-state index contributed by atoms with van der Waals surface area (Å²) in [6, 6.07) is 1.47. The zero-order valence-electron chi connectivity index (χ0n) is 13.9. The molecule has 1 saturated heterocycles. The maximum Gasteiger partial charge on any atom is 0.292 e. The Morgan fingerprint density at radius 3 is 2.83 bits per heavy atom. The van der Waals surface area contributed by atoms with Crippen molar-refractivity contribution in [3.63, 3.8) is 0 Å². The van der Waals surface area contributed by atoms with Crippen molar-refractivity contribution in [3.8, 4) is 0 Å². The van der Waals surface area contributed by atoms with E-state index in [1.165, 1.54) is 4.90 Å². The van der Waals surface area contributed by atoms with E-state index in [4.69, 9.17) is 9.05 Å². The Morgan fingerprint density at radius 1 is 1.42 bits per heavy atom. The number of hydrogen-bond acceptors (Lipinski definition) is 7. The average Bonchev–Trinajstić information content (AvgIpc) is 3.21. The summed E-state index contributed by atoms with van der Waals surface area (Å²) in [5, 5.41) is 7.57. The van der Waals surface area contributed by atoms with E-state index in [9.17, 15) is 9.18 Å². The van der Waals surface area contributed by atoms with Crippen LogP contribution in [0.5, 0.6) is 0 Å². The second kappa shape index (κ2) is 6.68. The molecule has 0 aromatic carbocycles. The van der Waals surface area contributed by atoms with Crippen LogP contribution < -0.4 is 0 Å². The van der Waals surface area contributed by atoms with Crippen molar-refractivity contribution in [3.05, 3.63) is 29.2 Å². The molecule has 130 valence electrons. The lowest BCUT2D eigenvalue weighted by Gasteiger charge is -2.26. The van der Waals surface area contributed by atoms with Crippen molar-refractivity contribution in [2.45, 2.75) is 39.0 Å². The van der Waals surface area contributed by atoms with Crippen LogP contribution in [0.2, 0.25) is 0 Å². The number of aromatic nitrogens is 3. The maximum atomic E-state index is 13.9. The number of hydrogen-bond donors (Lipinski definition) is 0. The molecule has 9 heteroatoms. The van der Waals surface area contributed by atoms with Gasteiger partial charge in [0.05, 0.1) is 12.2 Å². The molecule has 0 bridgehead atoms. The summed E-state index contributed by atoms with van der Waals surface area (Å²) >= 11 is 0. The van der Waals surface area contributed by atoms with Gasteiger partial charge in [0.15, 0.2) is 5.82 Å². The molecule has 1 aliphatic rings. The molecule has 3 rings (SSSR count). The van der Waals surface area contributed by atoms with Crippen LogP contribution in [0.15, 0.2) is 15.1 Å². The van der Waals surface area contributed by atoms with Crippen molar-refractivity contribution < 1.29 is 18.2 Å². The molecule has 0 aliphatic carbocycles. The molecular weight excluding hydrogens is 317 g/mol. The number of alkyl halides is 1. The lowest BCUT2D eigenvalue weighted by Crippen LogP contribution is -2.41. The number of likely N-dealkylation sites (tertiary alicyclic amines) is 1. The Balaban J connectivity index is 1.64. The number of carbonyl (C=O) groups is 1. The third-order valence-corrected chi connectivity index (χ3v) is 4.06. The van der Waals surface area contributed by atoms with E-state index >= 15 is 0 Å². The van der Waals surface area contributed by atoms with Crippen LogP contribution in [0.3, 0.4) is 0 Å². The Labute approximate surface area is 138 Å². The highest BCUT2D eigenvalue weighted by atomic mass is 19.1. The molecule has 8 nitrogen and oxygen atoms in total. The third kappa shape index (κ3) is 3.61. The van der Waals surface area contributed by atoms with E-state index in [0.717, 1.165) is 0 Å². The number of amides is 1. The van der Waals surface area contributed by atoms with Gasteiger partial charge in [-0.1, -0.05) is 10.3 Å². The minimum atomic E-state index is -0.931. The monoisotopic (exact) mass is 337 g/mol. The normalized spacial score (nSPS) is 21.3. The van der Waals surface area contributed by atoms with Gasteiger partial charge in [-0.3, -0.25) is 9.69 Å². The summed E-state index contributed by atoms with van der Waals surface area (Å²) in [7, 11) is 1.67. The summed E-state index contributed by atoms with van der Waals surface area (Å²) in [4.78, 5) is 19.9. The molecule has 1 amide bonds. The summed E-state index contributed by atoms with van der Waals surface area (Å²) in [6.07, 6.45) is -0.566. The first kappa shape index (κ1) is 16.6. The number of likely N-dealkylation sites (N-methyl/N-ethyl adjacent to an activating group) is 1. The zero-order valence-corrected chi connectivity index (χ0v) is 13.9. The smallest absolute Gasteiger partial charge is 0.292 e. The molecule has 0 N–H and O–H groups in total.